The number of thiocarbonyl (C=S) groups is 1. The van der Waals surface area contributed by atoms with Gasteiger partial charge in [0, 0.05) is 5.56 Å². The zero-order valence-corrected chi connectivity index (χ0v) is 17.1. The van der Waals surface area contributed by atoms with Crippen LogP contribution in [0.25, 0.3) is 6.08 Å². The molecule has 144 valence electrons. The fourth-order valence-corrected chi connectivity index (χ4v) is 3.94. The average Bonchev–Trinajstić information content (AvgIpc) is 3.00. The minimum Gasteiger partial charge on any atom is -0.497 e. The van der Waals surface area contributed by atoms with Crippen LogP contribution in [0, 0.1) is 0 Å². The van der Waals surface area contributed by atoms with Gasteiger partial charge in [0.1, 0.15) is 11.5 Å². The van der Waals surface area contributed by atoms with Crippen molar-refractivity contribution in [1.82, 2.24) is 0 Å². The summed E-state index contributed by atoms with van der Waals surface area (Å²) < 4.78 is 15.7. The number of nitrogens with zero attached hydrogens (tertiary/aromatic N) is 1. The van der Waals surface area contributed by atoms with E-state index in [4.69, 9.17) is 21.7 Å². The van der Waals surface area contributed by atoms with Crippen LogP contribution in [0.3, 0.4) is 0 Å². The average molecular weight is 415 g/mol. The molecule has 1 aliphatic heterocycles. The molecular formula is C20H17NO5S2. The molecule has 0 bridgehead atoms. The highest BCUT2D eigenvalue weighted by Crippen LogP contribution is 2.37. The molecular weight excluding hydrogens is 398 g/mol. The van der Waals surface area contributed by atoms with Crippen molar-refractivity contribution >= 4 is 51.9 Å². The van der Waals surface area contributed by atoms with Crippen LogP contribution in [0.2, 0.25) is 0 Å². The highest BCUT2D eigenvalue weighted by Gasteiger charge is 2.33. The number of hydrogen-bond donors (Lipinski definition) is 0. The first-order valence-electron chi connectivity index (χ1n) is 8.17. The number of ether oxygens (including phenoxy) is 3. The standard InChI is InChI=1S/C20H17NO5S2/c1-24-15-8-9-16(25-2)13(10-15)11-17-18(22)21(20(27)28-17)14-6-4-12(5-7-14)19(23)26-3/h4-11H,1-3H3. The van der Waals surface area contributed by atoms with Crippen molar-refractivity contribution in [3.8, 4) is 11.5 Å². The van der Waals surface area contributed by atoms with Gasteiger partial charge in [-0.05, 0) is 48.5 Å². The molecule has 1 aliphatic rings. The predicted molar refractivity (Wildman–Crippen MR) is 113 cm³/mol. The molecule has 0 atom stereocenters. The molecule has 1 fully saturated rings. The lowest BCUT2D eigenvalue weighted by molar-refractivity contribution is -0.113. The molecule has 28 heavy (non-hydrogen) atoms. The Labute approximate surface area is 172 Å². The van der Waals surface area contributed by atoms with Crippen LogP contribution in [0.5, 0.6) is 11.5 Å². The third-order valence-electron chi connectivity index (χ3n) is 4.06. The van der Waals surface area contributed by atoms with Gasteiger partial charge < -0.3 is 14.2 Å². The van der Waals surface area contributed by atoms with E-state index in [9.17, 15) is 9.59 Å². The van der Waals surface area contributed by atoms with E-state index < -0.39 is 5.97 Å². The summed E-state index contributed by atoms with van der Waals surface area (Å²) in [6, 6.07) is 11.8. The van der Waals surface area contributed by atoms with E-state index >= 15 is 0 Å². The number of rotatable bonds is 5. The highest BCUT2D eigenvalue weighted by atomic mass is 32.2. The molecule has 1 saturated heterocycles. The lowest BCUT2D eigenvalue weighted by atomic mass is 10.1. The zero-order valence-electron chi connectivity index (χ0n) is 15.4. The summed E-state index contributed by atoms with van der Waals surface area (Å²) in [4.78, 5) is 26.4. The van der Waals surface area contributed by atoms with Gasteiger partial charge in [0.25, 0.3) is 5.91 Å². The first kappa shape index (κ1) is 19.9. The SMILES string of the molecule is COC(=O)c1ccc(N2C(=O)C(=Cc3cc(OC)ccc3OC)SC2=S)cc1. The van der Waals surface area contributed by atoms with Gasteiger partial charge in [0.15, 0.2) is 4.32 Å². The number of amides is 1. The van der Waals surface area contributed by atoms with Gasteiger partial charge in [-0.1, -0.05) is 24.0 Å². The van der Waals surface area contributed by atoms with Crippen molar-refractivity contribution in [2.75, 3.05) is 26.2 Å². The Kier molecular flexibility index (Phi) is 6.01. The maximum absolute atomic E-state index is 12.9. The smallest absolute Gasteiger partial charge is 0.337 e. The lowest BCUT2D eigenvalue weighted by Crippen LogP contribution is -2.27. The van der Waals surface area contributed by atoms with Gasteiger partial charge in [-0.3, -0.25) is 9.69 Å². The van der Waals surface area contributed by atoms with Crippen LogP contribution in [0.15, 0.2) is 47.4 Å². The van der Waals surface area contributed by atoms with Gasteiger partial charge in [0.05, 0.1) is 37.5 Å². The number of anilines is 1. The normalized spacial score (nSPS) is 15.1. The van der Waals surface area contributed by atoms with E-state index in [1.807, 2.05) is 0 Å². The molecule has 0 aromatic heterocycles. The molecule has 1 amide bonds. The van der Waals surface area contributed by atoms with Gasteiger partial charge in [-0.15, -0.1) is 0 Å². The maximum atomic E-state index is 12.9. The summed E-state index contributed by atoms with van der Waals surface area (Å²) in [5.74, 6) is 0.585. The molecule has 2 aromatic carbocycles. The van der Waals surface area contributed by atoms with Crippen LogP contribution in [-0.2, 0) is 9.53 Å². The van der Waals surface area contributed by atoms with Crippen molar-refractivity contribution < 1.29 is 23.8 Å². The quantitative estimate of drug-likeness (QED) is 0.417. The summed E-state index contributed by atoms with van der Waals surface area (Å²) in [6.45, 7) is 0. The molecule has 0 unspecified atom stereocenters. The minimum atomic E-state index is -0.443. The highest BCUT2D eigenvalue weighted by molar-refractivity contribution is 8.27. The van der Waals surface area contributed by atoms with Gasteiger partial charge >= 0.3 is 5.97 Å². The van der Waals surface area contributed by atoms with E-state index in [0.29, 0.717) is 37.5 Å². The second kappa shape index (κ2) is 8.45. The number of thioether (sulfide) groups is 1. The Hall–Kier alpha value is -2.84. The Morgan fingerprint density at radius 3 is 2.39 bits per heavy atom. The monoisotopic (exact) mass is 415 g/mol. The van der Waals surface area contributed by atoms with E-state index in [1.54, 1.807) is 62.8 Å². The van der Waals surface area contributed by atoms with Crippen LogP contribution in [0.1, 0.15) is 15.9 Å². The summed E-state index contributed by atoms with van der Waals surface area (Å²) in [5, 5.41) is 0. The summed E-state index contributed by atoms with van der Waals surface area (Å²) >= 11 is 6.59. The van der Waals surface area contributed by atoms with Crippen LogP contribution in [-0.4, -0.2) is 37.5 Å². The number of carbonyl (C=O) groups is 2. The third kappa shape index (κ3) is 3.88. The van der Waals surface area contributed by atoms with Crippen LogP contribution >= 0.6 is 24.0 Å². The molecule has 8 heteroatoms. The first-order chi connectivity index (χ1) is 13.5. The lowest BCUT2D eigenvalue weighted by Gasteiger charge is -2.14. The zero-order chi connectivity index (χ0) is 20.3. The van der Waals surface area contributed by atoms with E-state index in [2.05, 4.69) is 4.74 Å². The van der Waals surface area contributed by atoms with Crippen LogP contribution in [0.4, 0.5) is 5.69 Å². The molecule has 2 aromatic rings. The minimum absolute atomic E-state index is 0.245. The number of benzene rings is 2. The number of hydrogen-bond acceptors (Lipinski definition) is 7. The molecule has 0 aliphatic carbocycles. The largest absolute Gasteiger partial charge is 0.497 e. The molecule has 6 nitrogen and oxygen atoms in total. The molecule has 0 radical (unpaired) electrons. The molecule has 0 spiro atoms. The van der Waals surface area contributed by atoms with E-state index in [0.717, 1.165) is 0 Å². The Bertz CT molecular complexity index is 969. The molecule has 0 saturated carbocycles. The summed E-state index contributed by atoms with van der Waals surface area (Å²) in [5.41, 5.74) is 1.69. The summed E-state index contributed by atoms with van der Waals surface area (Å²) in [7, 11) is 4.45. The fourth-order valence-electron chi connectivity index (χ4n) is 2.65. The van der Waals surface area contributed by atoms with E-state index in [1.165, 1.54) is 23.8 Å². The van der Waals surface area contributed by atoms with Gasteiger partial charge in [-0.2, -0.15) is 0 Å². The van der Waals surface area contributed by atoms with Crippen LogP contribution < -0.4 is 14.4 Å². The van der Waals surface area contributed by atoms with Crippen molar-refractivity contribution in [2.45, 2.75) is 0 Å². The fraction of sp³-hybridized carbons (Fsp3) is 0.150. The Balaban J connectivity index is 1.92. The second-order valence-corrected chi connectivity index (χ2v) is 7.34. The molecule has 1 heterocycles. The Morgan fingerprint density at radius 1 is 1.07 bits per heavy atom. The number of carbonyl (C=O) groups excluding carboxylic acids is 2. The third-order valence-corrected chi connectivity index (χ3v) is 5.37. The predicted octanol–water partition coefficient (Wildman–Crippen LogP) is 3.90. The molecule has 0 N–H and O–H groups in total. The Morgan fingerprint density at radius 2 is 1.79 bits per heavy atom. The van der Waals surface area contributed by atoms with Crippen molar-refractivity contribution in [3.63, 3.8) is 0 Å². The van der Waals surface area contributed by atoms with Gasteiger partial charge in [0.2, 0.25) is 0 Å². The van der Waals surface area contributed by atoms with E-state index in [-0.39, 0.29) is 5.91 Å². The number of esters is 1. The summed E-state index contributed by atoms with van der Waals surface area (Å²) in [6.07, 6.45) is 1.73. The maximum Gasteiger partial charge on any atom is 0.337 e. The van der Waals surface area contributed by atoms with Crippen molar-refractivity contribution in [3.05, 3.63) is 58.5 Å². The molecule has 3 rings (SSSR count). The van der Waals surface area contributed by atoms with Crippen molar-refractivity contribution in [2.24, 2.45) is 0 Å². The second-order valence-electron chi connectivity index (χ2n) is 5.66. The van der Waals surface area contributed by atoms with Crippen molar-refractivity contribution in [1.29, 1.82) is 0 Å². The first-order valence-corrected chi connectivity index (χ1v) is 9.39. The topological polar surface area (TPSA) is 65.1 Å². The van der Waals surface area contributed by atoms with Gasteiger partial charge in [-0.25, -0.2) is 4.79 Å². The number of methoxy groups -OCH3 is 3.